The highest BCUT2D eigenvalue weighted by molar-refractivity contribution is 5.52. The summed E-state index contributed by atoms with van der Waals surface area (Å²) in [6, 6.07) is 14.9. The highest BCUT2D eigenvalue weighted by Crippen LogP contribution is 2.53. The van der Waals surface area contributed by atoms with Crippen molar-refractivity contribution in [3.63, 3.8) is 0 Å². The van der Waals surface area contributed by atoms with Crippen molar-refractivity contribution in [3.05, 3.63) is 69.8 Å². The molecule has 0 amide bonds. The predicted octanol–water partition coefficient (Wildman–Crippen LogP) is 4.34. The van der Waals surface area contributed by atoms with E-state index >= 15 is 0 Å². The number of nitrogens with zero attached hydrogens (tertiary/aromatic N) is 2. The lowest BCUT2D eigenvalue weighted by Crippen LogP contribution is -2.64. The van der Waals surface area contributed by atoms with E-state index in [2.05, 4.69) is 16.7 Å². The second kappa shape index (κ2) is 8.33. The van der Waals surface area contributed by atoms with Gasteiger partial charge in [-0.3, -0.25) is 15.0 Å². The molecule has 1 saturated carbocycles. The van der Waals surface area contributed by atoms with Gasteiger partial charge in [-0.25, -0.2) is 0 Å². The molecule has 3 aliphatic rings. The van der Waals surface area contributed by atoms with Crippen molar-refractivity contribution < 1.29 is 14.4 Å². The Balaban J connectivity index is 1.63. The topological polar surface area (TPSA) is 64.8 Å². The molecule has 31 heavy (non-hydrogen) atoms. The van der Waals surface area contributed by atoms with Gasteiger partial charge in [-0.1, -0.05) is 36.5 Å². The van der Waals surface area contributed by atoms with Crippen molar-refractivity contribution in [1.82, 2.24) is 4.90 Å². The fourth-order valence-electron chi connectivity index (χ4n) is 5.36. The highest BCUT2D eigenvalue weighted by Gasteiger charge is 2.54. The Morgan fingerprint density at radius 2 is 1.90 bits per heavy atom. The molecule has 0 bridgehead atoms. The van der Waals surface area contributed by atoms with Gasteiger partial charge in [0.25, 0.3) is 5.69 Å². The molecule has 2 heterocycles. The first-order chi connectivity index (χ1) is 15.2. The summed E-state index contributed by atoms with van der Waals surface area (Å²) in [6.45, 7) is 3.06. The first-order valence-electron chi connectivity index (χ1n) is 11.0. The minimum absolute atomic E-state index is 0.0866. The summed E-state index contributed by atoms with van der Waals surface area (Å²) in [7, 11) is 0. The number of non-ortho nitro benzene ring substituents is 1. The van der Waals surface area contributed by atoms with E-state index in [4.69, 9.17) is 9.47 Å². The van der Waals surface area contributed by atoms with E-state index < -0.39 is 5.72 Å². The Morgan fingerprint density at radius 3 is 2.68 bits per heavy atom. The number of morpholine rings is 1. The second-order valence-electron chi connectivity index (χ2n) is 8.49. The predicted molar refractivity (Wildman–Crippen MR) is 117 cm³/mol. The van der Waals surface area contributed by atoms with Crippen molar-refractivity contribution in [2.75, 3.05) is 26.3 Å². The number of hydrogen-bond acceptors (Lipinski definition) is 5. The van der Waals surface area contributed by atoms with Crippen LogP contribution in [0.25, 0.3) is 0 Å². The number of rotatable bonds is 2. The first kappa shape index (κ1) is 20.0. The zero-order valence-corrected chi connectivity index (χ0v) is 17.5. The Bertz CT molecular complexity index is 1020. The molecular formula is C25H26N2O4. The molecule has 2 aliphatic heterocycles. The maximum absolute atomic E-state index is 11.5. The average molecular weight is 418 g/mol. The average Bonchev–Trinajstić information content (AvgIpc) is 2.82. The quantitative estimate of drug-likeness (QED) is 0.412. The number of nitro benzene ring substituents is 1. The molecule has 1 aliphatic carbocycles. The van der Waals surface area contributed by atoms with Crippen LogP contribution in [0.1, 0.15) is 42.7 Å². The fraction of sp³-hybridized carbons (Fsp3) is 0.440. The van der Waals surface area contributed by atoms with Gasteiger partial charge >= 0.3 is 0 Å². The van der Waals surface area contributed by atoms with Gasteiger partial charge < -0.3 is 9.47 Å². The Morgan fingerprint density at radius 1 is 1.10 bits per heavy atom. The summed E-state index contributed by atoms with van der Waals surface area (Å²) >= 11 is 0. The molecule has 2 aromatic carbocycles. The molecule has 5 rings (SSSR count). The van der Waals surface area contributed by atoms with Gasteiger partial charge in [0.2, 0.25) is 0 Å². The second-order valence-corrected chi connectivity index (χ2v) is 8.49. The molecule has 0 radical (unpaired) electrons. The van der Waals surface area contributed by atoms with E-state index in [1.807, 2.05) is 30.3 Å². The summed E-state index contributed by atoms with van der Waals surface area (Å²) in [4.78, 5) is 13.6. The lowest BCUT2D eigenvalue weighted by atomic mass is 9.68. The van der Waals surface area contributed by atoms with E-state index in [1.165, 1.54) is 6.07 Å². The zero-order chi connectivity index (χ0) is 21.3. The third-order valence-electron chi connectivity index (χ3n) is 6.80. The minimum atomic E-state index is -0.429. The molecule has 0 N–H and O–H groups in total. The normalized spacial score (nSPS) is 27.7. The summed E-state index contributed by atoms with van der Waals surface area (Å²) < 4.78 is 12.4. The molecule has 3 atom stereocenters. The van der Waals surface area contributed by atoms with E-state index in [-0.39, 0.29) is 22.4 Å². The van der Waals surface area contributed by atoms with E-state index in [0.717, 1.165) is 55.6 Å². The van der Waals surface area contributed by atoms with Crippen molar-refractivity contribution in [2.24, 2.45) is 5.92 Å². The van der Waals surface area contributed by atoms with Crippen LogP contribution < -0.4 is 4.74 Å². The van der Waals surface area contributed by atoms with Crippen LogP contribution in [0.5, 0.6) is 5.75 Å². The standard InChI is InChI=1S/C25H26N2O4/c28-27(29)20-10-12-24-22(18-20)21(11-9-19-6-2-1-3-7-19)23-8-4-5-13-25(23,31-24)26-14-16-30-17-15-26/h1-3,6-7,10,12,18,21,23H,4-5,8,13-17H2. The maximum atomic E-state index is 11.5. The lowest BCUT2D eigenvalue weighted by molar-refractivity contribution is -0.385. The molecule has 160 valence electrons. The van der Waals surface area contributed by atoms with Gasteiger partial charge in [0, 0.05) is 48.7 Å². The molecule has 0 aromatic heterocycles. The highest BCUT2D eigenvalue weighted by atomic mass is 16.6. The van der Waals surface area contributed by atoms with Crippen LogP contribution in [0.4, 0.5) is 5.69 Å². The van der Waals surface area contributed by atoms with Gasteiger partial charge in [0.1, 0.15) is 5.75 Å². The third-order valence-corrected chi connectivity index (χ3v) is 6.80. The van der Waals surface area contributed by atoms with Gasteiger partial charge in [0.15, 0.2) is 5.72 Å². The zero-order valence-electron chi connectivity index (χ0n) is 17.5. The SMILES string of the molecule is O=[N+]([O-])c1ccc2c(c1)C(C#Cc1ccccc1)C1CCCCC1(N1CCOCC1)O2. The molecule has 6 heteroatoms. The molecule has 0 spiro atoms. The monoisotopic (exact) mass is 418 g/mol. The van der Waals surface area contributed by atoms with Gasteiger partial charge in [-0.2, -0.15) is 0 Å². The van der Waals surface area contributed by atoms with Crippen LogP contribution in [0, 0.1) is 27.9 Å². The maximum Gasteiger partial charge on any atom is 0.270 e. The van der Waals surface area contributed by atoms with E-state index in [0.29, 0.717) is 13.2 Å². The van der Waals surface area contributed by atoms with Gasteiger partial charge in [-0.15, -0.1) is 0 Å². The molecule has 2 fully saturated rings. The molecule has 6 nitrogen and oxygen atoms in total. The van der Waals surface area contributed by atoms with Crippen molar-refractivity contribution in [2.45, 2.75) is 37.3 Å². The fourth-order valence-corrected chi connectivity index (χ4v) is 5.36. The van der Waals surface area contributed by atoms with Crippen LogP contribution in [0.2, 0.25) is 0 Å². The molecule has 3 unspecified atom stereocenters. The Hall–Kier alpha value is -2.88. The molecule has 1 saturated heterocycles. The Labute approximate surface area is 182 Å². The summed E-state index contributed by atoms with van der Waals surface area (Å²) in [6.07, 6.45) is 4.16. The summed E-state index contributed by atoms with van der Waals surface area (Å²) in [5, 5.41) is 11.5. The van der Waals surface area contributed by atoms with Crippen molar-refractivity contribution >= 4 is 5.69 Å². The molecule has 2 aromatic rings. The summed E-state index contributed by atoms with van der Waals surface area (Å²) in [5.74, 6) is 7.61. The van der Waals surface area contributed by atoms with Crippen LogP contribution in [0.3, 0.4) is 0 Å². The lowest BCUT2D eigenvalue weighted by Gasteiger charge is -2.55. The number of ether oxygens (including phenoxy) is 2. The van der Waals surface area contributed by atoms with Crippen molar-refractivity contribution in [1.29, 1.82) is 0 Å². The van der Waals surface area contributed by atoms with Crippen LogP contribution in [-0.4, -0.2) is 41.9 Å². The number of benzene rings is 2. The first-order valence-corrected chi connectivity index (χ1v) is 11.0. The number of hydrogen-bond donors (Lipinski definition) is 0. The van der Waals surface area contributed by atoms with Crippen LogP contribution in [-0.2, 0) is 4.74 Å². The third kappa shape index (κ3) is 3.69. The van der Waals surface area contributed by atoms with Gasteiger partial charge in [0.05, 0.1) is 24.1 Å². The van der Waals surface area contributed by atoms with Gasteiger partial charge in [-0.05, 0) is 31.0 Å². The number of nitro groups is 1. The molecular weight excluding hydrogens is 392 g/mol. The van der Waals surface area contributed by atoms with E-state index in [1.54, 1.807) is 12.1 Å². The van der Waals surface area contributed by atoms with Crippen LogP contribution in [0.15, 0.2) is 48.5 Å². The largest absolute Gasteiger partial charge is 0.472 e. The minimum Gasteiger partial charge on any atom is -0.472 e. The van der Waals surface area contributed by atoms with Crippen LogP contribution >= 0.6 is 0 Å². The van der Waals surface area contributed by atoms with Crippen molar-refractivity contribution in [3.8, 4) is 17.6 Å². The van der Waals surface area contributed by atoms with E-state index in [9.17, 15) is 10.1 Å². The summed E-state index contributed by atoms with van der Waals surface area (Å²) in [5.41, 5.74) is 1.45. The smallest absolute Gasteiger partial charge is 0.270 e. The Kier molecular flexibility index (Phi) is 5.39. The number of fused-ring (bicyclic) bond motifs is 2.